The van der Waals surface area contributed by atoms with Crippen molar-refractivity contribution in [3.05, 3.63) is 30.1 Å². The number of hydrogen-bond acceptors (Lipinski definition) is 4. The van der Waals surface area contributed by atoms with Crippen LogP contribution in [0.2, 0.25) is 0 Å². The Labute approximate surface area is 191 Å². The maximum Gasteiger partial charge on any atom is 0.191 e. The van der Waals surface area contributed by atoms with E-state index in [4.69, 9.17) is 9.47 Å². The molecule has 29 heavy (non-hydrogen) atoms. The van der Waals surface area contributed by atoms with Crippen molar-refractivity contribution in [1.82, 2.24) is 10.6 Å². The summed E-state index contributed by atoms with van der Waals surface area (Å²) in [5, 5.41) is 6.76. The summed E-state index contributed by atoms with van der Waals surface area (Å²) in [6.07, 6.45) is 4.23. The summed E-state index contributed by atoms with van der Waals surface area (Å²) in [6, 6.07) is 7.18. The van der Waals surface area contributed by atoms with Crippen LogP contribution in [0.5, 0.6) is 0 Å². The molecule has 2 N–H and O–H groups in total. The lowest BCUT2D eigenvalue weighted by Gasteiger charge is -2.34. The summed E-state index contributed by atoms with van der Waals surface area (Å²) in [4.78, 5) is 6.52. The summed E-state index contributed by atoms with van der Waals surface area (Å²) >= 11 is 0. The molecule has 1 heterocycles. The van der Waals surface area contributed by atoms with Crippen molar-refractivity contribution in [2.75, 3.05) is 58.0 Å². The highest BCUT2D eigenvalue weighted by Crippen LogP contribution is 2.20. The average molecular weight is 522 g/mol. The highest BCUT2D eigenvalue weighted by atomic mass is 127. The molecule has 0 amide bonds. The average Bonchev–Trinajstić information content (AvgIpc) is 2.72. The predicted octanol–water partition coefficient (Wildman–Crippen LogP) is 3.41. The fraction of sp³-hybridized carbons (Fsp3) is 0.667. The van der Waals surface area contributed by atoms with Crippen molar-refractivity contribution in [2.45, 2.75) is 38.6 Å². The standard InChI is InChI=1S/C21H35FN4O2.HI/c1-3-4-13-27-15-16-28-14-10-24-21(23-2)25-19-8-11-26(12-9-19)20-7-5-6-18(22)17-20;/h5-7,17,19H,3-4,8-16H2,1-2H3,(H2,23,24,25);1H. The molecule has 0 saturated carbocycles. The number of piperidine rings is 1. The number of aliphatic imine (C=N–C) groups is 1. The third-order valence-electron chi connectivity index (χ3n) is 4.79. The second-order valence-corrected chi connectivity index (χ2v) is 6.96. The molecular formula is C21H36FIN4O2. The molecule has 1 saturated heterocycles. The van der Waals surface area contributed by atoms with E-state index >= 15 is 0 Å². The van der Waals surface area contributed by atoms with Gasteiger partial charge in [-0.2, -0.15) is 0 Å². The third kappa shape index (κ3) is 10.5. The molecule has 1 aliphatic rings. The van der Waals surface area contributed by atoms with Crippen LogP contribution in [0.1, 0.15) is 32.6 Å². The summed E-state index contributed by atoms with van der Waals surface area (Å²) in [5.41, 5.74) is 0.955. The van der Waals surface area contributed by atoms with E-state index in [2.05, 4.69) is 27.4 Å². The first-order valence-electron chi connectivity index (χ1n) is 10.4. The van der Waals surface area contributed by atoms with E-state index in [1.54, 1.807) is 19.2 Å². The second-order valence-electron chi connectivity index (χ2n) is 6.96. The number of benzene rings is 1. The first kappa shape index (κ1) is 25.9. The minimum Gasteiger partial charge on any atom is -0.379 e. The predicted molar refractivity (Wildman–Crippen MR) is 128 cm³/mol. The van der Waals surface area contributed by atoms with Gasteiger partial charge >= 0.3 is 0 Å². The zero-order valence-corrected chi connectivity index (χ0v) is 20.0. The van der Waals surface area contributed by atoms with Gasteiger partial charge in [-0.1, -0.05) is 19.4 Å². The SMILES string of the molecule is CCCCOCCOCCNC(=NC)NC1CCN(c2cccc(F)c2)CC1.I. The van der Waals surface area contributed by atoms with Gasteiger partial charge in [-0.25, -0.2) is 4.39 Å². The van der Waals surface area contributed by atoms with Crippen LogP contribution in [0.3, 0.4) is 0 Å². The summed E-state index contributed by atoms with van der Waals surface area (Å²) < 4.78 is 24.4. The Hall–Kier alpha value is -1.13. The van der Waals surface area contributed by atoms with E-state index in [0.717, 1.165) is 57.0 Å². The van der Waals surface area contributed by atoms with Crippen LogP contribution < -0.4 is 15.5 Å². The minimum absolute atomic E-state index is 0. The van der Waals surface area contributed by atoms with Crippen molar-refractivity contribution in [3.63, 3.8) is 0 Å². The van der Waals surface area contributed by atoms with Crippen LogP contribution in [0, 0.1) is 5.82 Å². The second kappa shape index (κ2) is 15.7. The third-order valence-corrected chi connectivity index (χ3v) is 4.79. The molecule has 166 valence electrons. The molecule has 0 spiro atoms. The number of ether oxygens (including phenoxy) is 2. The van der Waals surface area contributed by atoms with Gasteiger partial charge in [0, 0.05) is 45.0 Å². The van der Waals surface area contributed by atoms with Gasteiger partial charge in [-0.15, -0.1) is 24.0 Å². The zero-order chi connectivity index (χ0) is 20.0. The molecule has 0 atom stereocenters. The van der Waals surface area contributed by atoms with E-state index in [1.807, 2.05) is 6.07 Å². The Morgan fingerprint density at radius 2 is 1.90 bits per heavy atom. The molecule has 0 aliphatic carbocycles. The van der Waals surface area contributed by atoms with Crippen molar-refractivity contribution < 1.29 is 13.9 Å². The molecule has 1 aliphatic heterocycles. The molecule has 2 rings (SSSR count). The normalized spacial score (nSPS) is 15.1. The number of unbranched alkanes of at least 4 members (excludes halogenated alkanes) is 1. The van der Waals surface area contributed by atoms with Gasteiger partial charge in [0.05, 0.1) is 19.8 Å². The fourth-order valence-electron chi connectivity index (χ4n) is 3.15. The van der Waals surface area contributed by atoms with Gasteiger partial charge in [-0.05, 0) is 37.5 Å². The molecule has 0 aromatic heterocycles. The molecule has 8 heteroatoms. The Kier molecular flexibility index (Phi) is 14.0. The monoisotopic (exact) mass is 522 g/mol. The van der Waals surface area contributed by atoms with Gasteiger partial charge in [-0.3, -0.25) is 4.99 Å². The largest absolute Gasteiger partial charge is 0.379 e. The van der Waals surface area contributed by atoms with Crippen LogP contribution in [-0.2, 0) is 9.47 Å². The topological polar surface area (TPSA) is 58.1 Å². The first-order chi connectivity index (χ1) is 13.7. The van der Waals surface area contributed by atoms with Gasteiger partial charge in [0.15, 0.2) is 5.96 Å². The van der Waals surface area contributed by atoms with E-state index in [9.17, 15) is 4.39 Å². The lowest BCUT2D eigenvalue weighted by Crippen LogP contribution is -2.49. The highest BCUT2D eigenvalue weighted by molar-refractivity contribution is 14.0. The molecule has 1 fully saturated rings. The number of nitrogens with one attached hydrogen (secondary N) is 2. The highest BCUT2D eigenvalue weighted by Gasteiger charge is 2.20. The van der Waals surface area contributed by atoms with Crippen molar-refractivity contribution >= 4 is 35.6 Å². The smallest absolute Gasteiger partial charge is 0.191 e. The Morgan fingerprint density at radius 3 is 2.55 bits per heavy atom. The van der Waals surface area contributed by atoms with Crippen molar-refractivity contribution in [3.8, 4) is 0 Å². The van der Waals surface area contributed by atoms with E-state index in [-0.39, 0.29) is 29.8 Å². The van der Waals surface area contributed by atoms with E-state index in [0.29, 0.717) is 32.4 Å². The lowest BCUT2D eigenvalue weighted by atomic mass is 10.0. The van der Waals surface area contributed by atoms with Crippen molar-refractivity contribution in [2.24, 2.45) is 4.99 Å². The lowest BCUT2D eigenvalue weighted by molar-refractivity contribution is 0.0487. The number of anilines is 1. The summed E-state index contributed by atoms with van der Waals surface area (Å²) in [5.74, 6) is 0.615. The summed E-state index contributed by atoms with van der Waals surface area (Å²) in [7, 11) is 1.78. The minimum atomic E-state index is -0.183. The number of hydrogen-bond donors (Lipinski definition) is 2. The van der Waals surface area contributed by atoms with Crippen LogP contribution in [0.4, 0.5) is 10.1 Å². The molecule has 1 aromatic rings. The van der Waals surface area contributed by atoms with Crippen LogP contribution in [0.25, 0.3) is 0 Å². The molecule has 1 aromatic carbocycles. The molecular weight excluding hydrogens is 486 g/mol. The number of guanidine groups is 1. The first-order valence-corrected chi connectivity index (χ1v) is 10.4. The number of nitrogens with zero attached hydrogens (tertiary/aromatic N) is 2. The fourth-order valence-corrected chi connectivity index (χ4v) is 3.15. The maximum absolute atomic E-state index is 13.4. The number of halogens is 2. The Balaban J connectivity index is 0.00000420. The van der Waals surface area contributed by atoms with E-state index in [1.165, 1.54) is 6.07 Å². The molecule has 0 unspecified atom stereocenters. The maximum atomic E-state index is 13.4. The zero-order valence-electron chi connectivity index (χ0n) is 17.7. The molecule has 0 radical (unpaired) electrons. The van der Waals surface area contributed by atoms with Gasteiger partial charge in [0.1, 0.15) is 5.82 Å². The van der Waals surface area contributed by atoms with Gasteiger partial charge in [0.2, 0.25) is 0 Å². The quantitative estimate of drug-likeness (QED) is 0.202. The number of rotatable bonds is 11. The summed E-state index contributed by atoms with van der Waals surface area (Å²) in [6.45, 7) is 7.37. The van der Waals surface area contributed by atoms with Gasteiger partial charge in [0.25, 0.3) is 0 Å². The van der Waals surface area contributed by atoms with Gasteiger partial charge < -0.3 is 25.0 Å². The molecule has 6 nitrogen and oxygen atoms in total. The van der Waals surface area contributed by atoms with E-state index < -0.39 is 0 Å². The molecule has 0 bridgehead atoms. The van der Waals surface area contributed by atoms with Crippen LogP contribution in [-0.4, -0.2) is 65.1 Å². The van der Waals surface area contributed by atoms with Crippen LogP contribution >= 0.6 is 24.0 Å². The van der Waals surface area contributed by atoms with Crippen molar-refractivity contribution in [1.29, 1.82) is 0 Å². The van der Waals surface area contributed by atoms with Crippen LogP contribution in [0.15, 0.2) is 29.3 Å². The Bertz CT molecular complexity index is 584. The Morgan fingerprint density at radius 1 is 1.17 bits per heavy atom.